The van der Waals surface area contributed by atoms with Gasteiger partial charge in [-0.2, -0.15) is 5.10 Å². The highest BCUT2D eigenvalue weighted by molar-refractivity contribution is 5.97. The van der Waals surface area contributed by atoms with Crippen LogP contribution in [0.1, 0.15) is 33.6 Å². The molecular weight excluding hydrogens is 230 g/mol. The molecule has 0 saturated carbocycles. The highest BCUT2D eigenvalue weighted by Crippen LogP contribution is 2.33. The van der Waals surface area contributed by atoms with Gasteiger partial charge in [0.15, 0.2) is 0 Å². The summed E-state index contributed by atoms with van der Waals surface area (Å²) in [5, 5.41) is 6.80. The maximum absolute atomic E-state index is 11.4. The Balaban J connectivity index is 2.47. The lowest BCUT2D eigenvalue weighted by Gasteiger charge is -2.29. The van der Waals surface area contributed by atoms with Crippen molar-refractivity contribution in [3.05, 3.63) is 11.6 Å². The standard InChI is InChI=1S/C13H23N3O2/c1-10-7-11(9-13(2,3)8-10)15-16-12(17)14-5-6-18-4/h7H,5-6,8-9H2,1-4H3,(H2,14,16,17)/b15-11+. The summed E-state index contributed by atoms with van der Waals surface area (Å²) in [4.78, 5) is 11.4. The number of hydrogen-bond donors (Lipinski definition) is 2. The lowest BCUT2D eigenvalue weighted by Crippen LogP contribution is -2.35. The maximum Gasteiger partial charge on any atom is 0.335 e. The summed E-state index contributed by atoms with van der Waals surface area (Å²) in [6.45, 7) is 7.48. The van der Waals surface area contributed by atoms with E-state index in [1.165, 1.54) is 5.57 Å². The van der Waals surface area contributed by atoms with Crippen LogP contribution in [0.15, 0.2) is 16.8 Å². The number of hydrazone groups is 1. The van der Waals surface area contributed by atoms with Gasteiger partial charge in [-0.05, 0) is 31.3 Å². The van der Waals surface area contributed by atoms with Gasteiger partial charge in [0.05, 0.1) is 12.3 Å². The van der Waals surface area contributed by atoms with Crippen molar-refractivity contribution >= 4 is 11.7 Å². The second kappa shape index (κ2) is 6.54. The van der Waals surface area contributed by atoms with Crippen molar-refractivity contribution in [1.29, 1.82) is 0 Å². The average Bonchev–Trinajstić information content (AvgIpc) is 2.24. The Hall–Kier alpha value is -1.36. The number of methoxy groups -OCH3 is 1. The molecule has 5 nitrogen and oxygen atoms in total. The molecule has 0 atom stereocenters. The van der Waals surface area contributed by atoms with Crippen molar-refractivity contribution < 1.29 is 9.53 Å². The van der Waals surface area contributed by atoms with Gasteiger partial charge in [0.2, 0.25) is 0 Å². The molecule has 0 heterocycles. The van der Waals surface area contributed by atoms with E-state index in [4.69, 9.17) is 4.74 Å². The van der Waals surface area contributed by atoms with Crippen LogP contribution >= 0.6 is 0 Å². The minimum atomic E-state index is -0.297. The zero-order valence-corrected chi connectivity index (χ0v) is 11.7. The number of allylic oxidation sites excluding steroid dienone is 2. The van der Waals surface area contributed by atoms with Crippen molar-refractivity contribution in [3.8, 4) is 0 Å². The number of nitrogens with one attached hydrogen (secondary N) is 2. The average molecular weight is 253 g/mol. The maximum atomic E-state index is 11.4. The number of hydrogen-bond acceptors (Lipinski definition) is 3. The predicted molar refractivity (Wildman–Crippen MR) is 72.6 cm³/mol. The third kappa shape index (κ3) is 5.31. The molecule has 0 radical (unpaired) electrons. The molecule has 1 aliphatic rings. The zero-order chi connectivity index (χ0) is 13.6. The largest absolute Gasteiger partial charge is 0.383 e. The SMILES string of the molecule is COCCNC(=O)N/N=C1\C=C(C)CC(C)(C)C1. The molecule has 0 bridgehead atoms. The van der Waals surface area contributed by atoms with Crippen LogP contribution in [0, 0.1) is 5.41 Å². The molecule has 0 aromatic rings. The van der Waals surface area contributed by atoms with Crippen LogP contribution in [0.2, 0.25) is 0 Å². The van der Waals surface area contributed by atoms with Gasteiger partial charge in [0, 0.05) is 13.7 Å². The first-order valence-electron chi connectivity index (χ1n) is 6.19. The number of carbonyl (C=O) groups is 1. The molecule has 0 aliphatic heterocycles. The molecule has 1 rings (SSSR count). The molecule has 0 aromatic heterocycles. The fourth-order valence-corrected chi connectivity index (χ4v) is 2.19. The second-order valence-electron chi connectivity index (χ2n) is 5.47. The van der Waals surface area contributed by atoms with Gasteiger partial charge < -0.3 is 10.1 Å². The quantitative estimate of drug-likeness (QED) is 0.595. The first kappa shape index (κ1) is 14.7. The summed E-state index contributed by atoms with van der Waals surface area (Å²) in [5.41, 5.74) is 4.94. The third-order valence-corrected chi connectivity index (χ3v) is 2.72. The van der Waals surface area contributed by atoms with Crippen LogP contribution in [0.5, 0.6) is 0 Å². The molecular formula is C13H23N3O2. The van der Waals surface area contributed by atoms with E-state index in [0.29, 0.717) is 13.2 Å². The number of urea groups is 1. The number of ether oxygens (including phenoxy) is 1. The topological polar surface area (TPSA) is 62.7 Å². The number of amides is 2. The summed E-state index contributed by atoms with van der Waals surface area (Å²) in [7, 11) is 1.59. The summed E-state index contributed by atoms with van der Waals surface area (Å²) in [6, 6.07) is -0.297. The Labute approximate surface area is 109 Å². The van der Waals surface area contributed by atoms with Crippen LogP contribution in [0.3, 0.4) is 0 Å². The van der Waals surface area contributed by atoms with E-state index in [0.717, 1.165) is 18.6 Å². The van der Waals surface area contributed by atoms with Crippen molar-refractivity contribution in [3.63, 3.8) is 0 Å². The molecule has 0 fully saturated rings. The Bertz CT molecular complexity index is 359. The summed E-state index contributed by atoms with van der Waals surface area (Å²) in [6.07, 6.45) is 4.00. The fourth-order valence-electron chi connectivity index (χ4n) is 2.19. The first-order chi connectivity index (χ1) is 8.43. The summed E-state index contributed by atoms with van der Waals surface area (Å²) >= 11 is 0. The van der Waals surface area contributed by atoms with Crippen molar-refractivity contribution in [1.82, 2.24) is 10.7 Å². The molecule has 0 aromatic carbocycles. The van der Waals surface area contributed by atoms with Gasteiger partial charge >= 0.3 is 6.03 Å². The Morgan fingerprint density at radius 3 is 2.83 bits per heavy atom. The molecule has 5 heteroatoms. The van der Waals surface area contributed by atoms with Gasteiger partial charge in [0.25, 0.3) is 0 Å². The van der Waals surface area contributed by atoms with E-state index in [1.54, 1.807) is 7.11 Å². The normalized spacial score (nSPS) is 20.4. The Morgan fingerprint density at radius 1 is 1.50 bits per heavy atom. The summed E-state index contributed by atoms with van der Waals surface area (Å²) < 4.78 is 4.84. The van der Waals surface area contributed by atoms with Crippen molar-refractivity contribution in [2.24, 2.45) is 10.5 Å². The predicted octanol–water partition coefficient (Wildman–Crippen LogP) is 2.05. The minimum Gasteiger partial charge on any atom is -0.383 e. The highest BCUT2D eigenvalue weighted by atomic mass is 16.5. The van der Waals surface area contributed by atoms with E-state index in [-0.39, 0.29) is 11.4 Å². The molecule has 1 aliphatic carbocycles. The van der Waals surface area contributed by atoms with Crippen LogP contribution < -0.4 is 10.7 Å². The van der Waals surface area contributed by atoms with Crippen molar-refractivity contribution in [2.45, 2.75) is 33.6 Å². The number of rotatable bonds is 4. The van der Waals surface area contributed by atoms with Crippen LogP contribution in [0.25, 0.3) is 0 Å². The molecule has 0 unspecified atom stereocenters. The van der Waals surface area contributed by atoms with E-state index < -0.39 is 0 Å². The van der Waals surface area contributed by atoms with E-state index in [1.807, 2.05) is 6.08 Å². The molecule has 2 amide bonds. The first-order valence-corrected chi connectivity index (χ1v) is 6.19. The molecule has 0 saturated heterocycles. The molecule has 2 N–H and O–H groups in total. The molecule has 0 spiro atoms. The van der Waals surface area contributed by atoms with E-state index in [9.17, 15) is 4.79 Å². The van der Waals surface area contributed by atoms with Gasteiger partial charge in [0.1, 0.15) is 0 Å². The number of carbonyl (C=O) groups excluding carboxylic acids is 1. The van der Waals surface area contributed by atoms with Gasteiger partial charge in [-0.1, -0.05) is 19.4 Å². The Morgan fingerprint density at radius 2 is 2.22 bits per heavy atom. The van der Waals surface area contributed by atoms with Crippen molar-refractivity contribution in [2.75, 3.05) is 20.3 Å². The highest BCUT2D eigenvalue weighted by Gasteiger charge is 2.24. The smallest absolute Gasteiger partial charge is 0.335 e. The number of nitrogens with zero attached hydrogens (tertiary/aromatic N) is 1. The van der Waals surface area contributed by atoms with Crippen LogP contribution in [-0.2, 0) is 4.74 Å². The van der Waals surface area contributed by atoms with Gasteiger partial charge in [-0.3, -0.25) is 0 Å². The summed E-state index contributed by atoms with van der Waals surface area (Å²) in [5.74, 6) is 0. The lowest BCUT2D eigenvalue weighted by atomic mass is 9.77. The minimum absolute atomic E-state index is 0.214. The van der Waals surface area contributed by atoms with Crippen LogP contribution in [0.4, 0.5) is 4.79 Å². The monoisotopic (exact) mass is 253 g/mol. The lowest BCUT2D eigenvalue weighted by molar-refractivity contribution is 0.196. The van der Waals surface area contributed by atoms with Gasteiger partial charge in [-0.15, -0.1) is 0 Å². The second-order valence-corrected chi connectivity index (χ2v) is 5.47. The Kier molecular flexibility index (Phi) is 5.34. The van der Waals surface area contributed by atoms with Crippen LogP contribution in [-0.4, -0.2) is 32.0 Å². The third-order valence-electron chi connectivity index (χ3n) is 2.72. The molecule has 102 valence electrons. The zero-order valence-electron chi connectivity index (χ0n) is 11.7. The molecule has 18 heavy (non-hydrogen) atoms. The van der Waals surface area contributed by atoms with E-state index in [2.05, 4.69) is 36.6 Å². The van der Waals surface area contributed by atoms with Gasteiger partial charge in [-0.25, -0.2) is 10.2 Å². The fraction of sp³-hybridized carbons (Fsp3) is 0.692. The van der Waals surface area contributed by atoms with E-state index >= 15 is 0 Å².